The minimum atomic E-state index is -0.560. The van der Waals surface area contributed by atoms with Crippen LogP contribution in [-0.2, 0) is 4.74 Å². The highest BCUT2D eigenvalue weighted by Gasteiger charge is 2.23. The quantitative estimate of drug-likeness (QED) is 0.885. The lowest BCUT2D eigenvalue weighted by molar-refractivity contribution is 0.0469. The second kappa shape index (κ2) is 7.22. The summed E-state index contributed by atoms with van der Waals surface area (Å²) in [5, 5.41) is 12.2. The van der Waals surface area contributed by atoms with Crippen molar-refractivity contribution < 1.29 is 19.4 Å². The molecule has 0 bridgehead atoms. The zero-order valence-corrected chi connectivity index (χ0v) is 12.8. The van der Waals surface area contributed by atoms with Gasteiger partial charge in [-0.2, -0.15) is 0 Å². The Morgan fingerprint density at radius 2 is 2.23 bits per heavy atom. The first-order valence-electron chi connectivity index (χ1n) is 7.36. The standard InChI is InChI=1S/C15H21N3O4/c1-10(2)22-15(21)17-11-5-6-13(16-8-11)14(20)18-7-3-4-12(19)9-18/h5-6,8,10,12,19H,3-4,7,9H2,1-2H3,(H,17,21). The fourth-order valence-electron chi connectivity index (χ4n) is 2.26. The van der Waals surface area contributed by atoms with Crippen LogP contribution < -0.4 is 5.32 Å². The Morgan fingerprint density at radius 3 is 2.82 bits per heavy atom. The maximum atomic E-state index is 12.3. The van der Waals surface area contributed by atoms with Crippen molar-refractivity contribution in [1.82, 2.24) is 9.88 Å². The Morgan fingerprint density at radius 1 is 1.45 bits per heavy atom. The summed E-state index contributed by atoms with van der Waals surface area (Å²) in [5.41, 5.74) is 0.748. The maximum absolute atomic E-state index is 12.3. The first-order valence-corrected chi connectivity index (χ1v) is 7.36. The molecule has 1 atom stereocenters. The van der Waals surface area contributed by atoms with Gasteiger partial charge in [0.15, 0.2) is 0 Å². The van der Waals surface area contributed by atoms with Crippen LogP contribution >= 0.6 is 0 Å². The fraction of sp³-hybridized carbons (Fsp3) is 0.533. The van der Waals surface area contributed by atoms with Crippen molar-refractivity contribution in [3.05, 3.63) is 24.0 Å². The molecule has 0 aromatic carbocycles. The Kier molecular flexibility index (Phi) is 5.32. The Balaban J connectivity index is 1.96. The van der Waals surface area contributed by atoms with Gasteiger partial charge in [0.05, 0.1) is 24.1 Å². The van der Waals surface area contributed by atoms with E-state index in [1.165, 1.54) is 6.20 Å². The number of rotatable bonds is 3. The second-order valence-corrected chi connectivity index (χ2v) is 5.56. The van der Waals surface area contributed by atoms with Gasteiger partial charge < -0.3 is 14.7 Å². The predicted octanol–water partition coefficient (Wildman–Crippen LogP) is 1.64. The van der Waals surface area contributed by atoms with Gasteiger partial charge >= 0.3 is 6.09 Å². The van der Waals surface area contributed by atoms with Crippen molar-refractivity contribution in [3.63, 3.8) is 0 Å². The lowest BCUT2D eigenvalue weighted by Gasteiger charge is -2.29. The number of β-amino-alcohol motifs (C(OH)–C–C–N with tert-alkyl or cyclic N) is 1. The molecule has 0 saturated carbocycles. The van der Waals surface area contributed by atoms with Gasteiger partial charge in [-0.1, -0.05) is 0 Å². The van der Waals surface area contributed by atoms with E-state index >= 15 is 0 Å². The number of carbonyl (C=O) groups excluding carboxylic acids is 2. The van der Waals surface area contributed by atoms with Gasteiger partial charge in [-0.15, -0.1) is 0 Å². The molecule has 7 nitrogen and oxygen atoms in total. The van der Waals surface area contributed by atoms with E-state index in [0.717, 1.165) is 12.8 Å². The molecule has 1 aromatic rings. The summed E-state index contributed by atoms with van der Waals surface area (Å²) < 4.78 is 4.96. The highest BCUT2D eigenvalue weighted by atomic mass is 16.6. The molecule has 1 aromatic heterocycles. The van der Waals surface area contributed by atoms with Gasteiger partial charge in [0, 0.05) is 13.1 Å². The highest BCUT2D eigenvalue weighted by Crippen LogP contribution is 2.14. The minimum absolute atomic E-state index is 0.209. The molecule has 0 radical (unpaired) electrons. The zero-order valence-electron chi connectivity index (χ0n) is 12.8. The van der Waals surface area contributed by atoms with Gasteiger partial charge in [0.2, 0.25) is 0 Å². The average Bonchev–Trinajstić information content (AvgIpc) is 2.46. The number of likely N-dealkylation sites (tertiary alicyclic amines) is 1. The molecule has 2 heterocycles. The summed E-state index contributed by atoms with van der Waals surface area (Å²) >= 11 is 0. The number of amides is 2. The van der Waals surface area contributed by atoms with E-state index in [0.29, 0.717) is 18.8 Å². The fourth-order valence-corrected chi connectivity index (χ4v) is 2.26. The van der Waals surface area contributed by atoms with Crippen molar-refractivity contribution >= 4 is 17.7 Å². The van der Waals surface area contributed by atoms with Gasteiger partial charge in [-0.05, 0) is 38.8 Å². The molecule has 120 valence electrons. The van der Waals surface area contributed by atoms with E-state index in [1.54, 1.807) is 30.9 Å². The molecule has 1 fully saturated rings. The molecule has 2 rings (SSSR count). The summed E-state index contributed by atoms with van der Waals surface area (Å²) in [5.74, 6) is -0.213. The van der Waals surface area contributed by atoms with E-state index in [2.05, 4.69) is 10.3 Å². The SMILES string of the molecule is CC(C)OC(=O)Nc1ccc(C(=O)N2CCCC(O)C2)nc1. The van der Waals surface area contributed by atoms with Crippen molar-refractivity contribution in [2.24, 2.45) is 0 Å². The van der Waals surface area contributed by atoms with E-state index in [4.69, 9.17) is 4.74 Å². The minimum Gasteiger partial charge on any atom is -0.447 e. The number of nitrogens with zero attached hydrogens (tertiary/aromatic N) is 2. The number of aliphatic hydroxyl groups excluding tert-OH is 1. The van der Waals surface area contributed by atoms with Gasteiger partial charge in [0.25, 0.3) is 5.91 Å². The van der Waals surface area contributed by atoms with Crippen molar-refractivity contribution in [2.75, 3.05) is 18.4 Å². The highest BCUT2D eigenvalue weighted by molar-refractivity contribution is 5.93. The molecule has 2 amide bonds. The average molecular weight is 307 g/mol. The molecule has 1 aliphatic heterocycles. The number of aliphatic hydroxyl groups is 1. The molecular formula is C15H21N3O4. The van der Waals surface area contributed by atoms with Crippen LogP contribution in [0.3, 0.4) is 0 Å². The number of carbonyl (C=O) groups is 2. The van der Waals surface area contributed by atoms with Gasteiger partial charge in [-0.25, -0.2) is 9.78 Å². The van der Waals surface area contributed by atoms with Crippen molar-refractivity contribution in [3.8, 4) is 0 Å². The number of ether oxygens (including phenoxy) is 1. The number of nitrogens with one attached hydrogen (secondary N) is 1. The first kappa shape index (κ1) is 16.2. The summed E-state index contributed by atoms with van der Waals surface area (Å²) in [4.78, 5) is 29.4. The third-order valence-electron chi connectivity index (χ3n) is 3.26. The number of pyridine rings is 1. The number of piperidine rings is 1. The number of hydrogen-bond donors (Lipinski definition) is 2. The van der Waals surface area contributed by atoms with E-state index < -0.39 is 12.2 Å². The molecular weight excluding hydrogens is 286 g/mol. The maximum Gasteiger partial charge on any atom is 0.411 e. The molecule has 1 saturated heterocycles. The second-order valence-electron chi connectivity index (χ2n) is 5.56. The number of hydrogen-bond acceptors (Lipinski definition) is 5. The summed E-state index contributed by atoms with van der Waals surface area (Å²) in [6.07, 6.45) is 1.68. The van der Waals surface area contributed by atoms with Gasteiger partial charge in [-0.3, -0.25) is 10.1 Å². The monoisotopic (exact) mass is 307 g/mol. The Hall–Kier alpha value is -2.15. The molecule has 2 N–H and O–H groups in total. The van der Waals surface area contributed by atoms with Crippen LogP contribution in [0.5, 0.6) is 0 Å². The molecule has 1 aliphatic rings. The normalized spacial score (nSPS) is 18.2. The van der Waals surface area contributed by atoms with E-state index in [1.807, 2.05) is 0 Å². The lowest BCUT2D eigenvalue weighted by atomic mass is 10.1. The molecule has 1 unspecified atom stereocenters. The molecule has 0 spiro atoms. The molecule has 7 heteroatoms. The lowest BCUT2D eigenvalue weighted by Crippen LogP contribution is -2.42. The largest absolute Gasteiger partial charge is 0.447 e. The van der Waals surface area contributed by atoms with Crippen LogP contribution in [0.1, 0.15) is 37.2 Å². The predicted molar refractivity (Wildman–Crippen MR) is 80.6 cm³/mol. The Labute approximate surface area is 129 Å². The number of aromatic nitrogens is 1. The van der Waals surface area contributed by atoms with Crippen LogP contribution in [0.25, 0.3) is 0 Å². The third-order valence-corrected chi connectivity index (χ3v) is 3.26. The molecule has 22 heavy (non-hydrogen) atoms. The van der Waals surface area contributed by atoms with Crippen molar-refractivity contribution in [2.45, 2.75) is 38.9 Å². The third kappa shape index (κ3) is 4.42. The van der Waals surface area contributed by atoms with Crippen LogP contribution in [-0.4, -0.2) is 52.3 Å². The number of anilines is 1. The van der Waals surface area contributed by atoms with E-state index in [-0.39, 0.29) is 17.7 Å². The smallest absolute Gasteiger partial charge is 0.411 e. The summed E-state index contributed by atoms with van der Waals surface area (Å²) in [7, 11) is 0. The first-order chi connectivity index (χ1) is 10.5. The summed E-state index contributed by atoms with van der Waals surface area (Å²) in [6.45, 7) is 4.47. The van der Waals surface area contributed by atoms with Crippen LogP contribution in [0.2, 0.25) is 0 Å². The van der Waals surface area contributed by atoms with Crippen molar-refractivity contribution in [1.29, 1.82) is 0 Å². The van der Waals surface area contributed by atoms with Crippen LogP contribution in [0.4, 0.5) is 10.5 Å². The van der Waals surface area contributed by atoms with Crippen LogP contribution in [0.15, 0.2) is 18.3 Å². The Bertz CT molecular complexity index is 530. The summed E-state index contributed by atoms with van der Waals surface area (Å²) in [6, 6.07) is 3.15. The zero-order chi connectivity index (χ0) is 16.1. The molecule has 0 aliphatic carbocycles. The van der Waals surface area contributed by atoms with Crippen LogP contribution in [0, 0.1) is 0 Å². The topological polar surface area (TPSA) is 91.8 Å². The van der Waals surface area contributed by atoms with Gasteiger partial charge in [0.1, 0.15) is 5.69 Å². The van der Waals surface area contributed by atoms with E-state index in [9.17, 15) is 14.7 Å².